The van der Waals surface area contributed by atoms with Crippen LogP contribution in [0.1, 0.15) is 37.3 Å². The van der Waals surface area contributed by atoms with Gasteiger partial charge in [-0.15, -0.1) is 0 Å². The molecule has 1 aromatic rings. The molecule has 3 heteroatoms. The molecule has 2 fully saturated rings. The van der Waals surface area contributed by atoms with E-state index in [0.29, 0.717) is 6.10 Å². The molecule has 110 valence electrons. The fourth-order valence-corrected chi connectivity index (χ4v) is 2.82. The summed E-state index contributed by atoms with van der Waals surface area (Å²) in [4.78, 5) is 2.46. The zero-order chi connectivity index (χ0) is 13.9. The first kappa shape index (κ1) is 13.9. The Kier molecular flexibility index (Phi) is 4.27. The van der Waals surface area contributed by atoms with Gasteiger partial charge in [-0.2, -0.15) is 0 Å². The predicted octanol–water partition coefficient (Wildman–Crippen LogP) is 2.86. The molecule has 1 N–H and O–H groups in total. The average molecular weight is 274 g/mol. The Morgan fingerprint density at radius 1 is 1.35 bits per heavy atom. The fraction of sp³-hybridized carbons (Fsp3) is 0.647. The highest BCUT2D eigenvalue weighted by atomic mass is 16.5. The maximum Gasteiger partial charge on any atom is 0.0748 e. The second-order valence-electron chi connectivity index (χ2n) is 6.11. The number of hydrogen-bond acceptors (Lipinski definition) is 3. The molecule has 3 rings (SSSR count). The van der Waals surface area contributed by atoms with Crippen molar-refractivity contribution in [3.8, 4) is 0 Å². The van der Waals surface area contributed by atoms with Gasteiger partial charge in [0.2, 0.25) is 0 Å². The van der Waals surface area contributed by atoms with Crippen LogP contribution in [0.15, 0.2) is 18.2 Å². The summed E-state index contributed by atoms with van der Waals surface area (Å²) in [5, 5.41) is 3.60. The number of rotatable bonds is 5. The normalized spacial score (nSPS) is 23.1. The van der Waals surface area contributed by atoms with Crippen molar-refractivity contribution in [1.29, 1.82) is 0 Å². The quantitative estimate of drug-likeness (QED) is 0.893. The summed E-state index contributed by atoms with van der Waals surface area (Å²) in [6.45, 7) is 8.32. The second kappa shape index (κ2) is 6.15. The summed E-state index contributed by atoms with van der Waals surface area (Å²) in [6.07, 6.45) is 4.19. The number of aryl methyl sites for hydroxylation is 1. The van der Waals surface area contributed by atoms with Crippen molar-refractivity contribution in [2.75, 3.05) is 24.6 Å². The van der Waals surface area contributed by atoms with E-state index in [1.54, 1.807) is 0 Å². The molecular formula is C17H26N2O. The van der Waals surface area contributed by atoms with Crippen LogP contribution in [0.5, 0.6) is 0 Å². The average Bonchev–Trinajstić information content (AvgIpc) is 3.30. The highest BCUT2D eigenvalue weighted by Gasteiger charge is 2.21. The molecule has 0 radical (unpaired) electrons. The molecule has 3 nitrogen and oxygen atoms in total. The molecule has 2 aliphatic rings. The largest absolute Gasteiger partial charge is 0.375 e. The Hall–Kier alpha value is -1.06. The molecule has 0 aromatic heterocycles. The van der Waals surface area contributed by atoms with E-state index in [-0.39, 0.29) is 0 Å². The van der Waals surface area contributed by atoms with Gasteiger partial charge >= 0.3 is 0 Å². The van der Waals surface area contributed by atoms with Gasteiger partial charge in [-0.25, -0.2) is 0 Å². The molecular weight excluding hydrogens is 248 g/mol. The van der Waals surface area contributed by atoms with Gasteiger partial charge in [0.1, 0.15) is 0 Å². The minimum atomic E-state index is 0.389. The summed E-state index contributed by atoms with van der Waals surface area (Å²) < 4.78 is 5.75. The van der Waals surface area contributed by atoms with Crippen LogP contribution in [-0.2, 0) is 11.3 Å². The summed E-state index contributed by atoms with van der Waals surface area (Å²) in [5.41, 5.74) is 4.18. The lowest BCUT2D eigenvalue weighted by Gasteiger charge is -2.34. The molecule has 1 aliphatic heterocycles. The molecule has 0 spiro atoms. The number of morpholine rings is 1. The van der Waals surface area contributed by atoms with Crippen molar-refractivity contribution in [3.05, 3.63) is 29.3 Å². The topological polar surface area (TPSA) is 24.5 Å². The molecule has 20 heavy (non-hydrogen) atoms. The van der Waals surface area contributed by atoms with Crippen LogP contribution in [-0.4, -0.2) is 31.8 Å². The lowest BCUT2D eigenvalue weighted by atomic mass is 10.1. The van der Waals surface area contributed by atoms with E-state index in [1.165, 1.54) is 29.7 Å². The first-order valence-corrected chi connectivity index (χ1v) is 7.95. The van der Waals surface area contributed by atoms with Crippen molar-refractivity contribution in [2.24, 2.45) is 0 Å². The van der Waals surface area contributed by atoms with Crippen molar-refractivity contribution in [2.45, 2.75) is 51.8 Å². The van der Waals surface area contributed by atoms with E-state index in [9.17, 15) is 0 Å². The molecule has 1 aliphatic carbocycles. The predicted molar refractivity (Wildman–Crippen MR) is 83.3 cm³/mol. The molecule has 1 unspecified atom stereocenters. The van der Waals surface area contributed by atoms with Crippen LogP contribution in [0.25, 0.3) is 0 Å². The zero-order valence-electron chi connectivity index (χ0n) is 12.7. The van der Waals surface area contributed by atoms with Crippen molar-refractivity contribution >= 4 is 5.69 Å². The number of nitrogens with one attached hydrogen (secondary N) is 1. The minimum absolute atomic E-state index is 0.389. The number of benzene rings is 1. The van der Waals surface area contributed by atoms with Gasteiger partial charge in [0.15, 0.2) is 0 Å². The van der Waals surface area contributed by atoms with Crippen LogP contribution in [0, 0.1) is 6.92 Å². The first-order valence-electron chi connectivity index (χ1n) is 7.95. The van der Waals surface area contributed by atoms with Gasteiger partial charge in [0.05, 0.1) is 12.7 Å². The van der Waals surface area contributed by atoms with Crippen LogP contribution in [0.4, 0.5) is 5.69 Å². The lowest BCUT2D eigenvalue weighted by molar-refractivity contribution is 0.0384. The van der Waals surface area contributed by atoms with Gasteiger partial charge in [0, 0.05) is 31.4 Å². The van der Waals surface area contributed by atoms with Gasteiger partial charge in [0.25, 0.3) is 0 Å². The van der Waals surface area contributed by atoms with Gasteiger partial charge in [-0.3, -0.25) is 0 Å². The standard InChI is InChI=1S/C17H26N2O/c1-3-17-12-19(8-9-20-17)16-7-4-14(13(2)10-16)11-18-15-5-6-15/h4,7,10,15,17-18H,3,5-6,8-9,11-12H2,1-2H3. The van der Waals surface area contributed by atoms with Crippen LogP contribution < -0.4 is 10.2 Å². The van der Waals surface area contributed by atoms with Crippen molar-refractivity contribution in [3.63, 3.8) is 0 Å². The third-order valence-corrected chi connectivity index (χ3v) is 4.44. The van der Waals surface area contributed by atoms with Gasteiger partial charge in [-0.1, -0.05) is 13.0 Å². The number of ether oxygens (including phenoxy) is 1. The summed E-state index contributed by atoms with van der Waals surface area (Å²) in [6, 6.07) is 7.67. The van der Waals surface area contributed by atoms with E-state index in [1.807, 2.05) is 0 Å². The Morgan fingerprint density at radius 3 is 2.90 bits per heavy atom. The van der Waals surface area contributed by atoms with E-state index >= 15 is 0 Å². The molecule has 1 aromatic carbocycles. The highest BCUT2D eigenvalue weighted by molar-refractivity contribution is 5.51. The highest BCUT2D eigenvalue weighted by Crippen LogP contribution is 2.24. The van der Waals surface area contributed by atoms with E-state index in [2.05, 4.69) is 42.3 Å². The summed E-state index contributed by atoms with van der Waals surface area (Å²) >= 11 is 0. The molecule has 1 atom stereocenters. The van der Waals surface area contributed by atoms with Crippen molar-refractivity contribution in [1.82, 2.24) is 5.32 Å². The van der Waals surface area contributed by atoms with Gasteiger partial charge in [-0.05, 0) is 49.4 Å². The van der Waals surface area contributed by atoms with Crippen LogP contribution in [0.2, 0.25) is 0 Å². The Bertz CT molecular complexity index is 456. The number of nitrogens with zero attached hydrogens (tertiary/aromatic N) is 1. The lowest BCUT2D eigenvalue weighted by Crippen LogP contribution is -2.42. The summed E-state index contributed by atoms with van der Waals surface area (Å²) in [7, 11) is 0. The second-order valence-corrected chi connectivity index (χ2v) is 6.11. The SMILES string of the molecule is CCC1CN(c2ccc(CNC3CC3)c(C)c2)CCO1. The molecule has 1 saturated heterocycles. The third-order valence-electron chi connectivity index (χ3n) is 4.44. The molecule has 1 heterocycles. The first-order chi connectivity index (χ1) is 9.76. The maximum atomic E-state index is 5.75. The third kappa shape index (κ3) is 3.33. The minimum Gasteiger partial charge on any atom is -0.375 e. The van der Waals surface area contributed by atoms with Gasteiger partial charge < -0.3 is 15.0 Å². The molecule has 1 saturated carbocycles. The maximum absolute atomic E-state index is 5.75. The van der Waals surface area contributed by atoms with Crippen LogP contribution >= 0.6 is 0 Å². The van der Waals surface area contributed by atoms with Crippen LogP contribution in [0.3, 0.4) is 0 Å². The summed E-state index contributed by atoms with van der Waals surface area (Å²) in [5.74, 6) is 0. The Morgan fingerprint density at radius 2 is 2.20 bits per heavy atom. The molecule has 0 bridgehead atoms. The number of hydrogen-bond donors (Lipinski definition) is 1. The smallest absolute Gasteiger partial charge is 0.0748 e. The van der Waals surface area contributed by atoms with E-state index in [0.717, 1.165) is 38.7 Å². The van der Waals surface area contributed by atoms with Crippen molar-refractivity contribution < 1.29 is 4.74 Å². The van der Waals surface area contributed by atoms with E-state index in [4.69, 9.17) is 4.74 Å². The Labute approximate surface area is 122 Å². The zero-order valence-corrected chi connectivity index (χ0v) is 12.7. The van der Waals surface area contributed by atoms with E-state index < -0.39 is 0 Å². The number of anilines is 1. The fourth-order valence-electron chi connectivity index (χ4n) is 2.82. The molecule has 0 amide bonds. The Balaban J connectivity index is 1.65. The monoisotopic (exact) mass is 274 g/mol.